The van der Waals surface area contributed by atoms with Crippen molar-refractivity contribution in [2.24, 2.45) is 0 Å². The Hall–Kier alpha value is -1.06. The van der Waals surface area contributed by atoms with Gasteiger partial charge in [-0.25, -0.2) is 0 Å². The molecule has 2 aliphatic rings. The number of aryl methyl sites for hydroxylation is 1. The molecule has 0 bridgehead atoms. The molecular weight excluding hydrogens is 248 g/mol. The van der Waals surface area contributed by atoms with E-state index in [2.05, 4.69) is 35.5 Å². The predicted molar refractivity (Wildman–Crippen MR) is 83.3 cm³/mol. The third-order valence-electron chi connectivity index (χ3n) is 4.82. The number of nitrogens with one attached hydrogen (secondary N) is 1. The van der Waals surface area contributed by atoms with E-state index in [4.69, 9.17) is 4.74 Å². The van der Waals surface area contributed by atoms with Crippen LogP contribution in [-0.2, 0) is 17.7 Å². The lowest BCUT2D eigenvalue weighted by atomic mass is 9.99. The molecule has 110 valence electrons. The van der Waals surface area contributed by atoms with Gasteiger partial charge in [-0.3, -0.25) is 0 Å². The van der Waals surface area contributed by atoms with Crippen molar-refractivity contribution >= 4 is 5.69 Å². The molecule has 2 atom stereocenters. The summed E-state index contributed by atoms with van der Waals surface area (Å²) in [4.78, 5) is 2.37. The van der Waals surface area contributed by atoms with Gasteiger partial charge in [0, 0.05) is 39.0 Å². The van der Waals surface area contributed by atoms with E-state index in [1.807, 2.05) is 7.11 Å². The number of hydrogen-bond acceptors (Lipinski definition) is 3. The van der Waals surface area contributed by atoms with Gasteiger partial charge in [0.1, 0.15) is 0 Å². The molecule has 0 amide bonds. The second-order valence-corrected chi connectivity index (χ2v) is 6.18. The van der Waals surface area contributed by atoms with E-state index >= 15 is 0 Å². The first-order valence-corrected chi connectivity index (χ1v) is 7.87. The first kappa shape index (κ1) is 13.9. The Kier molecular flexibility index (Phi) is 4.27. The molecule has 1 fully saturated rings. The second-order valence-electron chi connectivity index (χ2n) is 6.18. The van der Waals surface area contributed by atoms with Crippen LogP contribution in [0.2, 0.25) is 0 Å². The van der Waals surface area contributed by atoms with E-state index in [-0.39, 0.29) is 0 Å². The monoisotopic (exact) mass is 274 g/mol. The highest BCUT2D eigenvalue weighted by Gasteiger charge is 2.26. The highest BCUT2D eigenvalue weighted by Crippen LogP contribution is 2.27. The van der Waals surface area contributed by atoms with Gasteiger partial charge in [0.2, 0.25) is 0 Å². The van der Waals surface area contributed by atoms with Crippen molar-refractivity contribution in [1.29, 1.82) is 0 Å². The number of ether oxygens (including phenoxy) is 1. The summed E-state index contributed by atoms with van der Waals surface area (Å²) in [5, 5.41) is 3.68. The van der Waals surface area contributed by atoms with Gasteiger partial charge in [-0.15, -0.1) is 0 Å². The van der Waals surface area contributed by atoms with Crippen molar-refractivity contribution in [3.8, 4) is 0 Å². The van der Waals surface area contributed by atoms with Crippen LogP contribution in [0, 0.1) is 0 Å². The minimum absolute atomic E-state index is 0.402. The molecule has 0 aromatic heterocycles. The minimum Gasteiger partial charge on any atom is -0.380 e. The Morgan fingerprint density at radius 3 is 3.05 bits per heavy atom. The average Bonchev–Trinajstić information content (AvgIpc) is 2.92. The number of fused-ring (bicyclic) bond motifs is 1. The van der Waals surface area contributed by atoms with E-state index < -0.39 is 0 Å². The topological polar surface area (TPSA) is 24.5 Å². The van der Waals surface area contributed by atoms with Gasteiger partial charge in [-0.2, -0.15) is 0 Å². The molecular formula is C17H26N2O. The lowest BCUT2D eigenvalue weighted by Gasteiger charge is -2.28. The molecule has 0 radical (unpaired) electrons. The van der Waals surface area contributed by atoms with Crippen molar-refractivity contribution < 1.29 is 4.74 Å². The number of hydrogen-bond donors (Lipinski definition) is 1. The third-order valence-corrected chi connectivity index (χ3v) is 4.82. The molecule has 3 heteroatoms. The van der Waals surface area contributed by atoms with Gasteiger partial charge < -0.3 is 15.0 Å². The fourth-order valence-electron chi connectivity index (χ4n) is 3.64. The van der Waals surface area contributed by atoms with Crippen LogP contribution in [0.1, 0.15) is 36.8 Å². The highest BCUT2D eigenvalue weighted by atomic mass is 16.5. The summed E-state index contributed by atoms with van der Waals surface area (Å²) < 4.78 is 5.55. The molecule has 0 saturated heterocycles. The fourth-order valence-corrected chi connectivity index (χ4v) is 3.64. The highest BCUT2D eigenvalue weighted by molar-refractivity contribution is 5.56. The molecule has 1 aliphatic carbocycles. The van der Waals surface area contributed by atoms with Gasteiger partial charge in [0.25, 0.3) is 0 Å². The first-order valence-electron chi connectivity index (χ1n) is 7.87. The molecule has 1 saturated carbocycles. The van der Waals surface area contributed by atoms with Crippen molar-refractivity contribution in [3.63, 3.8) is 0 Å². The van der Waals surface area contributed by atoms with Crippen LogP contribution in [0.5, 0.6) is 0 Å². The number of anilines is 1. The zero-order chi connectivity index (χ0) is 13.9. The standard InChI is InChI=1S/C17H26N2O/c1-19-10-4-5-14-11-13(8-9-16(14)19)12-18-15-6-3-7-17(15)20-2/h8-9,11,15,17-18H,3-7,10,12H2,1-2H3. The fraction of sp³-hybridized carbons (Fsp3) is 0.647. The maximum absolute atomic E-state index is 5.55. The summed E-state index contributed by atoms with van der Waals surface area (Å²) in [7, 11) is 4.02. The Balaban J connectivity index is 1.63. The molecule has 1 aromatic rings. The molecule has 20 heavy (non-hydrogen) atoms. The van der Waals surface area contributed by atoms with E-state index in [0.29, 0.717) is 12.1 Å². The van der Waals surface area contributed by atoms with Gasteiger partial charge in [-0.1, -0.05) is 12.1 Å². The molecule has 0 spiro atoms. The van der Waals surface area contributed by atoms with Crippen molar-refractivity contribution in [3.05, 3.63) is 29.3 Å². The molecule has 1 heterocycles. The third kappa shape index (κ3) is 2.84. The summed E-state index contributed by atoms with van der Waals surface area (Å²) in [6.07, 6.45) is 6.62. The summed E-state index contributed by atoms with van der Waals surface area (Å²) in [6.45, 7) is 2.14. The van der Waals surface area contributed by atoms with Crippen molar-refractivity contribution in [2.75, 3.05) is 25.6 Å². The van der Waals surface area contributed by atoms with Crippen molar-refractivity contribution in [1.82, 2.24) is 5.32 Å². The van der Waals surface area contributed by atoms with E-state index in [9.17, 15) is 0 Å². The van der Waals surface area contributed by atoms with Crippen LogP contribution in [0.4, 0.5) is 5.69 Å². The smallest absolute Gasteiger partial charge is 0.0724 e. The molecule has 3 rings (SSSR count). The maximum atomic E-state index is 5.55. The minimum atomic E-state index is 0.402. The van der Waals surface area contributed by atoms with Crippen molar-refractivity contribution in [2.45, 2.75) is 50.8 Å². The Morgan fingerprint density at radius 2 is 2.20 bits per heavy atom. The van der Waals surface area contributed by atoms with Crippen LogP contribution in [0.15, 0.2) is 18.2 Å². The van der Waals surface area contributed by atoms with Gasteiger partial charge in [0.15, 0.2) is 0 Å². The van der Waals surface area contributed by atoms with Gasteiger partial charge in [0.05, 0.1) is 6.10 Å². The molecule has 1 aliphatic heterocycles. The predicted octanol–water partition coefficient (Wildman–Crippen LogP) is 2.73. The van der Waals surface area contributed by atoms with Crippen LogP contribution >= 0.6 is 0 Å². The number of rotatable bonds is 4. The average molecular weight is 274 g/mol. The molecule has 1 aromatic carbocycles. The molecule has 3 nitrogen and oxygen atoms in total. The van der Waals surface area contributed by atoms with Gasteiger partial charge in [-0.05, 0) is 49.3 Å². The van der Waals surface area contributed by atoms with Crippen LogP contribution in [0.25, 0.3) is 0 Å². The van der Waals surface area contributed by atoms with Crippen LogP contribution in [0.3, 0.4) is 0 Å². The van der Waals surface area contributed by atoms with Crippen LogP contribution < -0.4 is 10.2 Å². The Morgan fingerprint density at radius 1 is 1.30 bits per heavy atom. The largest absolute Gasteiger partial charge is 0.380 e. The van der Waals surface area contributed by atoms with Gasteiger partial charge >= 0.3 is 0 Å². The lowest BCUT2D eigenvalue weighted by molar-refractivity contribution is 0.0847. The quantitative estimate of drug-likeness (QED) is 0.913. The van der Waals surface area contributed by atoms with E-state index in [1.165, 1.54) is 55.5 Å². The normalized spacial score (nSPS) is 25.8. The zero-order valence-electron chi connectivity index (χ0n) is 12.7. The van der Waals surface area contributed by atoms with E-state index in [1.54, 1.807) is 0 Å². The number of benzene rings is 1. The number of nitrogens with zero attached hydrogens (tertiary/aromatic N) is 1. The first-order chi connectivity index (χ1) is 9.78. The second kappa shape index (κ2) is 6.15. The SMILES string of the molecule is COC1CCCC1NCc1ccc2c(c1)CCCN2C. The Labute approximate surface area is 122 Å². The summed E-state index contributed by atoms with van der Waals surface area (Å²) >= 11 is 0. The number of methoxy groups -OCH3 is 1. The molecule has 1 N–H and O–H groups in total. The summed E-state index contributed by atoms with van der Waals surface area (Å²) in [5.41, 5.74) is 4.32. The lowest BCUT2D eigenvalue weighted by Crippen LogP contribution is -2.36. The zero-order valence-corrected chi connectivity index (χ0v) is 12.7. The Bertz CT molecular complexity index is 460. The molecule has 2 unspecified atom stereocenters. The summed E-state index contributed by atoms with van der Waals surface area (Å²) in [5.74, 6) is 0. The maximum Gasteiger partial charge on any atom is 0.0724 e. The van der Waals surface area contributed by atoms with Crippen LogP contribution in [-0.4, -0.2) is 32.8 Å². The summed E-state index contributed by atoms with van der Waals surface area (Å²) in [6, 6.07) is 7.46. The van der Waals surface area contributed by atoms with E-state index in [0.717, 1.165) is 6.54 Å².